The van der Waals surface area contributed by atoms with Crippen LogP contribution in [0.2, 0.25) is 0 Å². The Morgan fingerprint density at radius 2 is 2.00 bits per heavy atom. The number of fused-ring (bicyclic) bond motifs is 1. The van der Waals surface area contributed by atoms with Crippen molar-refractivity contribution in [1.82, 2.24) is 14.9 Å². The lowest BCUT2D eigenvalue weighted by Crippen LogP contribution is -2.37. The lowest BCUT2D eigenvalue weighted by molar-refractivity contribution is 0.107. The molecule has 3 saturated heterocycles. The van der Waals surface area contributed by atoms with Crippen molar-refractivity contribution in [3.8, 4) is 0 Å². The molecule has 3 aliphatic heterocycles. The van der Waals surface area contributed by atoms with E-state index in [9.17, 15) is 0 Å². The van der Waals surface area contributed by atoms with Crippen LogP contribution in [-0.4, -0.2) is 74.4 Å². The predicted molar refractivity (Wildman–Crippen MR) is 95.6 cm³/mol. The number of piperidine rings is 1. The molecule has 6 heteroatoms. The SMILES string of the molecule is CN(C)c1cc(N2C[C@H]3[C@H](CN4CCCCC4)CO[C@H]3C2)ncn1. The zero-order chi connectivity index (χ0) is 16.5. The fourth-order valence-electron chi connectivity index (χ4n) is 4.40. The van der Waals surface area contributed by atoms with Crippen molar-refractivity contribution in [2.75, 3.05) is 63.2 Å². The molecule has 4 heterocycles. The zero-order valence-corrected chi connectivity index (χ0v) is 14.9. The summed E-state index contributed by atoms with van der Waals surface area (Å²) < 4.78 is 6.14. The van der Waals surface area contributed by atoms with E-state index in [1.165, 1.54) is 38.9 Å². The van der Waals surface area contributed by atoms with E-state index in [0.29, 0.717) is 17.9 Å². The van der Waals surface area contributed by atoms with Crippen LogP contribution in [0.4, 0.5) is 11.6 Å². The number of hydrogen-bond donors (Lipinski definition) is 0. The van der Waals surface area contributed by atoms with Crippen LogP contribution in [0.5, 0.6) is 0 Å². The third-order valence-corrected chi connectivity index (χ3v) is 5.80. The summed E-state index contributed by atoms with van der Waals surface area (Å²) in [7, 11) is 4.03. The first-order valence-electron chi connectivity index (χ1n) is 9.29. The van der Waals surface area contributed by atoms with E-state index in [1.807, 2.05) is 19.0 Å². The molecule has 132 valence electrons. The highest BCUT2D eigenvalue weighted by Crippen LogP contribution is 2.36. The molecule has 3 aliphatic rings. The van der Waals surface area contributed by atoms with Gasteiger partial charge in [0.25, 0.3) is 0 Å². The summed E-state index contributed by atoms with van der Waals surface area (Å²) in [6.07, 6.45) is 6.17. The number of anilines is 2. The molecule has 0 radical (unpaired) electrons. The Labute approximate surface area is 144 Å². The molecule has 4 rings (SSSR count). The maximum Gasteiger partial charge on any atom is 0.134 e. The first kappa shape index (κ1) is 16.1. The first-order valence-corrected chi connectivity index (χ1v) is 9.29. The summed E-state index contributed by atoms with van der Waals surface area (Å²) in [6, 6.07) is 2.08. The van der Waals surface area contributed by atoms with Gasteiger partial charge in [-0.3, -0.25) is 0 Å². The summed E-state index contributed by atoms with van der Waals surface area (Å²) in [5.41, 5.74) is 0. The largest absolute Gasteiger partial charge is 0.376 e. The third kappa shape index (κ3) is 3.22. The van der Waals surface area contributed by atoms with Gasteiger partial charge in [-0.15, -0.1) is 0 Å². The van der Waals surface area contributed by atoms with E-state index >= 15 is 0 Å². The lowest BCUT2D eigenvalue weighted by Gasteiger charge is -2.30. The number of ether oxygens (including phenoxy) is 1. The highest BCUT2D eigenvalue weighted by atomic mass is 16.5. The highest BCUT2D eigenvalue weighted by molar-refractivity contribution is 5.50. The maximum atomic E-state index is 6.14. The quantitative estimate of drug-likeness (QED) is 0.833. The minimum atomic E-state index is 0.373. The van der Waals surface area contributed by atoms with Gasteiger partial charge in [0.05, 0.1) is 12.7 Å². The fraction of sp³-hybridized carbons (Fsp3) is 0.778. The van der Waals surface area contributed by atoms with E-state index < -0.39 is 0 Å². The van der Waals surface area contributed by atoms with Gasteiger partial charge in [-0.1, -0.05) is 6.42 Å². The molecule has 1 aromatic heterocycles. The number of hydrogen-bond acceptors (Lipinski definition) is 6. The molecule has 0 amide bonds. The Morgan fingerprint density at radius 3 is 2.79 bits per heavy atom. The van der Waals surface area contributed by atoms with Crippen LogP contribution in [0.15, 0.2) is 12.4 Å². The molecule has 3 fully saturated rings. The Balaban J connectivity index is 1.41. The Kier molecular flexibility index (Phi) is 4.59. The van der Waals surface area contributed by atoms with Gasteiger partial charge in [-0.2, -0.15) is 0 Å². The van der Waals surface area contributed by atoms with E-state index in [4.69, 9.17) is 4.74 Å². The van der Waals surface area contributed by atoms with Crippen molar-refractivity contribution < 1.29 is 4.74 Å². The highest BCUT2D eigenvalue weighted by Gasteiger charge is 2.44. The normalized spacial score (nSPS) is 30.6. The molecule has 0 N–H and O–H groups in total. The summed E-state index contributed by atoms with van der Waals surface area (Å²) in [6.45, 7) is 6.72. The molecule has 0 aromatic carbocycles. The van der Waals surface area contributed by atoms with Gasteiger partial charge >= 0.3 is 0 Å². The van der Waals surface area contributed by atoms with Gasteiger partial charge in [0.2, 0.25) is 0 Å². The Hall–Kier alpha value is -1.40. The van der Waals surface area contributed by atoms with E-state index in [1.54, 1.807) is 6.33 Å². The van der Waals surface area contributed by atoms with Crippen molar-refractivity contribution in [3.05, 3.63) is 12.4 Å². The second-order valence-corrected chi connectivity index (χ2v) is 7.69. The summed E-state index contributed by atoms with van der Waals surface area (Å²) >= 11 is 0. The molecule has 3 atom stereocenters. The summed E-state index contributed by atoms with van der Waals surface area (Å²) in [5, 5.41) is 0. The summed E-state index contributed by atoms with van der Waals surface area (Å²) in [4.78, 5) is 15.9. The average molecular weight is 331 g/mol. The third-order valence-electron chi connectivity index (χ3n) is 5.80. The first-order chi connectivity index (χ1) is 11.7. The van der Waals surface area contributed by atoms with Gasteiger partial charge in [0.1, 0.15) is 18.0 Å². The van der Waals surface area contributed by atoms with Gasteiger partial charge in [0.15, 0.2) is 0 Å². The summed E-state index contributed by atoms with van der Waals surface area (Å²) in [5.74, 6) is 3.31. The standard InChI is InChI=1S/C18H29N5O/c1-21(2)17-8-18(20-13-19-17)23-10-15-14(12-24-16(15)11-23)9-22-6-4-3-5-7-22/h8,13-16H,3-7,9-12H2,1-2H3/t14-,15+,16+/m1/s1. The van der Waals surface area contributed by atoms with Crippen LogP contribution < -0.4 is 9.80 Å². The van der Waals surface area contributed by atoms with Crippen LogP contribution in [0.25, 0.3) is 0 Å². The zero-order valence-electron chi connectivity index (χ0n) is 14.9. The monoisotopic (exact) mass is 331 g/mol. The Bertz CT molecular complexity index is 560. The molecule has 1 aromatic rings. The average Bonchev–Trinajstić information content (AvgIpc) is 3.18. The van der Waals surface area contributed by atoms with E-state index in [-0.39, 0.29) is 0 Å². The maximum absolute atomic E-state index is 6.14. The number of aromatic nitrogens is 2. The van der Waals surface area contributed by atoms with Crippen LogP contribution >= 0.6 is 0 Å². The fourth-order valence-corrected chi connectivity index (χ4v) is 4.40. The molecular weight excluding hydrogens is 302 g/mol. The van der Waals surface area contributed by atoms with Gasteiger partial charge < -0.3 is 19.4 Å². The minimum Gasteiger partial charge on any atom is -0.376 e. The molecule has 0 saturated carbocycles. The smallest absolute Gasteiger partial charge is 0.134 e. The molecular formula is C18H29N5O. The van der Waals surface area contributed by atoms with Crippen LogP contribution in [0.1, 0.15) is 19.3 Å². The van der Waals surface area contributed by atoms with Crippen molar-refractivity contribution in [2.24, 2.45) is 11.8 Å². The molecule has 24 heavy (non-hydrogen) atoms. The lowest BCUT2D eigenvalue weighted by atomic mass is 9.92. The minimum absolute atomic E-state index is 0.373. The van der Waals surface area contributed by atoms with Crippen molar-refractivity contribution in [2.45, 2.75) is 25.4 Å². The molecule has 0 unspecified atom stereocenters. The topological polar surface area (TPSA) is 44.7 Å². The molecule has 0 aliphatic carbocycles. The number of likely N-dealkylation sites (tertiary alicyclic amines) is 1. The van der Waals surface area contributed by atoms with Crippen LogP contribution in [-0.2, 0) is 4.74 Å². The second kappa shape index (κ2) is 6.84. The molecule has 0 bridgehead atoms. The van der Waals surface area contributed by atoms with Crippen molar-refractivity contribution in [3.63, 3.8) is 0 Å². The van der Waals surface area contributed by atoms with Gasteiger partial charge in [-0.05, 0) is 25.9 Å². The van der Waals surface area contributed by atoms with E-state index in [2.05, 4.69) is 25.8 Å². The second-order valence-electron chi connectivity index (χ2n) is 7.69. The number of nitrogens with zero attached hydrogens (tertiary/aromatic N) is 5. The predicted octanol–water partition coefficient (Wildman–Crippen LogP) is 1.48. The van der Waals surface area contributed by atoms with Crippen LogP contribution in [0.3, 0.4) is 0 Å². The number of rotatable bonds is 4. The Morgan fingerprint density at radius 1 is 1.17 bits per heavy atom. The van der Waals surface area contributed by atoms with Gasteiger partial charge in [0, 0.05) is 51.6 Å². The molecule has 6 nitrogen and oxygen atoms in total. The van der Waals surface area contributed by atoms with E-state index in [0.717, 1.165) is 31.3 Å². The van der Waals surface area contributed by atoms with Crippen LogP contribution in [0, 0.1) is 11.8 Å². The molecule has 0 spiro atoms. The van der Waals surface area contributed by atoms with Crippen molar-refractivity contribution >= 4 is 11.6 Å². The van der Waals surface area contributed by atoms with Crippen molar-refractivity contribution in [1.29, 1.82) is 0 Å². The van der Waals surface area contributed by atoms with Gasteiger partial charge in [-0.25, -0.2) is 9.97 Å².